The maximum atomic E-state index is 12.0. The third-order valence-electron chi connectivity index (χ3n) is 3.65. The zero-order valence-electron chi connectivity index (χ0n) is 11.0. The van der Waals surface area contributed by atoms with Gasteiger partial charge in [-0.05, 0) is 26.2 Å². The quantitative estimate of drug-likeness (QED) is 0.761. The van der Waals surface area contributed by atoms with Crippen LogP contribution >= 0.6 is 0 Å². The number of rotatable bonds is 5. The van der Waals surface area contributed by atoms with Crippen LogP contribution in [0, 0.1) is 5.92 Å². The van der Waals surface area contributed by atoms with Gasteiger partial charge in [-0.25, -0.2) is 0 Å². The van der Waals surface area contributed by atoms with E-state index in [1.54, 1.807) is 4.90 Å². The Morgan fingerprint density at radius 1 is 1.40 bits per heavy atom. The first-order valence-corrected chi connectivity index (χ1v) is 5.81. The Labute approximate surface area is 94.0 Å². The summed E-state index contributed by atoms with van der Waals surface area (Å²) in [5, 5.41) is 0. The van der Waals surface area contributed by atoms with Gasteiger partial charge in [0.2, 0.25) is 5.91 Å². The van der Waals surface area contributed by atoms with Crippen molar-refractivity contribution in [1.82, 2.24) is 4.90 Å². The van der Waals surface area contributed by atoms with E-state index < -0.39 is 0 Å². The van der Waals surface area contributed by atoms with Crippen molar-refractivity contribution < 1.29 is 4.79 Å². The Morgan fingerprint density at radius 2 is 1.87 bits per heavy atom. The van der Waals surface area contributed by atoms with Crippen LogP contribution in [0.15, 0.2) is 0 Å². The van der Waals surface area contributed by atoms with Gasteiger partial charge in [0.05, 0.1) is 6.04 Å². The standard InChI is InChI=1S/C12H26N2O/c1-7-9(3)10(13)11(15)14(6)12(4,5)8-2/h9-10H,7-8,13H2,1-6H3. The second kappa shape index (κ2) is 5.50. The maximum Gasteiger partial charge on any atom is 0.239 e. The molecule has 90 valence electrons. The van der Waals surface area contributed by atoms with Gasteiger partial charge in [0, 0.05) is 12.6 Å². The first kappa shape index (κ1) is 14.4. The lowest BCUT2D eigenvalue weighted by Crippen LogP contribution is -2.53. The van der Waals surface area contributed by atoms with Crippen molar-refractivity contribution in [3.63, 3.8) is 0 Å². The van der Waals surface area contributed by atoms with Crippen LogP contribution in [0.2, 0.25) is 0 Å². The van der Waals surface area contributed by atoms with E-state index in [1.165, 1.54) is 0 Å². The Balaban J connectivity index is 4.58. The molecule has 0 rings (SSSR count). The number of hydrogen-bond donors (Lipinski definition) is 1. The van der Waals surface area contributed by atoms with Crippen molar-refractivity contribution in [2.45, 2.75) is 59.0 Å². The highest BCUT2D eigenvalue weighted by atomic mass is 16.2. The van der Waals surface area contributed by atoms with E-state index in [0.717, 1.165) is 12.8 Å². The summed E-state index contributed by atoms with van der Waals surface area (Å²) in [5.74, 6) is 0.295. The second-order valence-corrected chi connectivity index (χ2v) is 4.97. The van der Waals surface area contributed by atoms with Crippen LogP contribution in [-0.2, 0) is 4.79 Å². The van der Waals surface area contributed by atoms with Crippen molar-refractivity contribution in [3.05, 3.63) is 0 Å². The largest absolute Gasteiger partial charge is 0.339 e. The molecule has 2 unspecified atom stereocenters. The molecule has 0 aromatic carbocycles. The van der Waals surface area contributed by atoms with E-state index in [9.17, 15) is 4.79 Å². The van der Waals surface area contributed by atoms with Gasteiger partial charge in [0.1, 0.15) is 0 Å². The summed E-state index contributed by atoms with van der Waals surface area (Å²) in [5.41, 5.74) is 5.82. The average molecular weight is 214 g/mol. The van der Waals surface area contributed by atoms with Crippen LogP contribution in [0.4, 0.5) is 0 Å². The fourth-order valence-corrected chi connectivity index (χ4v) is 1.26. The molecule has 15 heavy (non-hydrogen) atoms. The summed E-state index contributed by atoms with van der Waals surface area (Å²) in [6.45, 7) is 10.3. The molecule has 1 amide bonds. The Bertz CT molecular complexity index is 214. The zero-order valence-corrected chi connectivity index (χ0v) is 11.0. The van der Waals surface area contributed by atoms with Gasteiger partial charge in [-0.1, -0.05) is 27.2 Å². The van der Waals surface area contributed by atoms with Gasteiger partial charge in [-0.3, -0.25) is 4.79 Å². The molecule has 0 bridgehead atoms. The maximum absolute atomic E-state index is 12.0. The number of hydrogen-bond acceptors (Lipinski definition) is 2. The fourth-order valence-electron chi connectivity index (χ4n) is 1.26. The summed E-state index contributed by atoms with van der Waals surface area (Å²) in [7, 11) is 1.84. The topological polar surface area (TPSA) is 46.3 Å². The van der Waals surface area contributed by atoms with E-state index in [4.69, 9.17) is 5.73 Å². The average Bonchev–Trinajstić information content (AvgIpc) is 2.24. The Hall–Kier alpha value is -0.570. The molecular weight excluding hydrogens is 188 g/mol. The number of carbonyl (C=O) groups is 1. The third kappa shape index (κ3) is 3.49. The van der Waals surface area contributed by atoms with E-state index in [1.807, 2.05) is 14.0 Å². The van der Waals surface area contributed by atoms with Gasteiger partial charge in [-0.2, -0.15) is 0 Å². The minimum Gasteiger partial charge on any atom is -0.339 e. The Morgan fingerprint density at radius 3 is 2.20 bits per heavy atom. The number of carbonyl (C=O) groups excluding carboxylic acids is 1. The monoisotopic (exact) mass is 214 g/mol. The number of nitrogens with zero attached hydrogens (tertiary/aromatic N) is 1. The van der Waals surface area contributed by atoms with Crippen LogP contribution < -0.4 is 5.73 Å². The first-order chi connectivity index (χ1) is 6.77. The minimum atomic E-state index is -0.370. The summed E-state index contributed by atoms with van der Waals surface area (Å²) in [6.07, 6.45) is 1.87. The fraction of sp³-hybridized carbons (Fsp3) is 0.917. The van der Waals surface area contributed by atoms with Crippen LogP contribution in [-0.4, -0.2) is 29.4 Å². The lowest BCUT2D eigenvalue weighted by molar-refractivity contribution is -0.137. The minimum absolute atomic E-state index is 0.0520. The third-order valence-corrected chi connectivity index (χ3v) is 3.65. The lowest BCUT2D eigenvalue weighted by Gasteiger charge is -2.37. The number of nitrogens with two attached hydrogens (primary N) is 1. The summed E-state index contributed by atoms with van der Waals surface area (Å²) < 4.78 is 0. The highest BCUT2D eigenvalue weighted by Crippen LogP contribution is 2.19. The molecule has 2 atom stereocenters. The molecular formula is C12H26N2O. The number of amides is 1. The van der Waals surface area contributed by atoms with Crippen molar-refractivity contribution in [2.24, 2.45) is 11.7 Å². The van der Waals surface area contributed by atoms with E-state index >= 15 is 0 Å². The predicted molar refractivity (Wildman–Crippen MR) is 64.6 cm³/mol. The lowest BCUT2D eigenvalue weighted by atomic mass is 9.94. The highest BCUT2D eigenvalue weighted by molar-refractivity contribution is 5.82. The van der Waals surface area contributed by atoms with Crippen molar-refractivity contribution in [3.8, 4) is 0 Å². The highest BCUT2D eigenvalue weighted by Gasteiger charge is 2.30. The molecule has 0 aromatic heterocycles. The molecule has 0 spiro atoms. The molecule has 0 aliphatic rings. The first-order valence-electron chi connectivity index (χ1n) is 5.81. The molecule has 0 aliphatic carbocycles. The van der Waals surface area contributed by atoms with Gasteiger partial charge in [0.15, 0.2) is 0 Å². The SMILES string of the molecule is CCC(C)C(N)C(=O)N(C)C(C)(C)CC. The summed E-state index contributed by atoms with van der Waals surface area (Å²) in [6, 6.07) is -0.370. The van der Waals surface area contributed by atoms with Crippen LogP contribution in [0.5, 0.6) is 0 Å². The molecule has 0 radical (unpaired) electrons. The van der Waals surface area contributed by atoms with Gasteiger partial charge >= 0.3 is 0 Å². The van der Waals surface area contributed by atoms with Gasteiger partial charge < -0.3 is 10.6 Å². The second-order valence-electron chi connectivity index (χ2n) is 4.97. The molecule has 0 heterocycles. The van der Waals surface area contributed by atoms with Crippen molar-refractivity contribution in [2.75, 3.05) is 7.05 Å². The molecule has 0 fully saturated rings. The molecule has 0 aliphatic heterocycles. The van der Waals surface area contributed by atoms with Crippen molar-refractivity contribution in [1.29, 1.82) is 0 Å². The molecule has 0 saturated heterocycles. The molecule has 0 aromatic rings. The van der Waals surface area contributed by atoms with Crippen LogP contribution in [0.3, 0.4) is 0 Å². The van der Waals surface area contributed by atoms with Crippen LogP contribution in [0.25, 0.3) is 0 Å². The number of likely N-dealkylation sites (N-methyl/N-ethyl adjacent to an activating group) is 1. The summed E-state index contributed by atoms with van der Waals surface area (Å²) >= 11 is 0. The normalized spacial score (nSPS) is 15.9. The zero-order chi connectivity index (χ0) is 12.2. The van der Waals surface area contributed by atoms with Crippen molar-refractivity contribution >= 4 is 5.91 Å². The van der Waals surface area contributed by atoms with Crippen LogP contribution in [0.1, 0.15) is 47.5 Å². The summed E-state index contributed by atoms with van der Waals surface area (Å²) in [4.78, 5) is 13.8. The van der Waals surface area contributed by atoms with E-state index in [2.05, 4.69) is 27.7 Å². The molecule has 0 saturated carbocycles. The van der Waals surface area contributed by atoms with Gasteiger partial charge in [0.25, 0.3) is 0 Å². The Kier molecular flexibility index (Phi) is 5.29. The van der Waals surface area contributed by atoms with E-state index in [-0.39, 0.29) is 23.4 Å². The molecule has 3 nitrogen and oxygen atoms in total. The predicted octanol–water partition coefficient (Wildman–Crippen LogP) is 2.01. The molecule has 3 heteroatoms. The smallest absolute Gasteiger partial charge is 0.239 e. The molecule has 2 N–H and O–H groups in total. The van der Waals surface area contributed by atoms with Gasteiger partial charge in [-0.15, -0.1) is 0 Å². The van der Waals surface area contributed by atoms with E-state index in [0.29, 0.717) is 0 Å².